The van der Waals surface area contributed by atoms with Gasteiger partial charge in [-0.2, -0.15) is 0 Å². The Hall–Kier alpha value is -1.26. The number of nitrogens with zero attached hydrogens (tertiary/aromatic N) is 1. The zero-order valence-corrected chi connectivity index (χ0v) is 10.3. The zero-order chi connectivity index (χ0) is 12.4. The summed E-state index contributed by atoms with van der Waals surface area (Å²) in [5.41, 5.74) is 12.4. The lowest BCUT2D eigenvalue weighted by Crippen LogP contribution is -2.25. The van der Waals surface area contributed by atoms with Crippen LogP contribution in [-0.2, 0) is 0 Å². The Morgan fingerprint density at radius 3 is 2.88 bits per heavy atom. The Kier molecular flexibility index (Phi) is 3.54. The van der Waals surface area contributed by atoms with E-state index in [1.54, 1.807) is 12.1 Å². The van der Waals surface area contributed by atoms with Crippen molar-refractivity contribution in [1.82, 2.24) is 0 Å². The minimum Gasteiger partial charge on any atom is -0.371 e. The molecule has 0 aromatic heterocycles. The molecule has 5 heteroatoms. The van der Waals surface area contributed by atoms with E-state index in [1.165, 1.54) is 0 Å². The molecule has 0 saturated carbocycles. The first kappa shape index (κ1) is 12.2. The molecule has 1 unspecified atom stereocenters. The Morgan fingerprint density at radius 1 is 1.53 bits per heavy atom. The molecule has 2 rings (SSSR count). The van der Waals surface area contributed by atoms with Gasteiger partial charge in [0.1, 0.15) is 0 Å². The number of hydrogen-bond donors (Lipinski definition) is 2. The number of benzene rings is 1. The van der Waals surface area contributed by atoms with Crippen molar-refractivity contribution in [2.24, 2.45) is 17.4 Å². The summed E-state index contributed by atoms with van der Waals surface area (Å²) < 4.78 is 0. The molecule has 4 N–H and O–H groups in total. The van der Waals surface area contributed by atoms with Crippen LogP contribution >= 0.6 is 11.6 Å². The predicted octanol–water partition coefficient (Wildman–Crippen LogP) is 1.22. The average molecular weight is 254 g/mol. The van der Waals surface area contributed by atoms with Crippen molar-refractivity contribution in [3.8, 4) is 0 Å². The molecule has 0 aliphatic carbocycles. The second-order valence-electron chi connectivity index (χ2n) is 4.36. The van der Waals surface area contributed by atoms with Crippen LogP contribution in [0.1, 0.15) is 16.8 Å². The van der Waals surface area contributed by atoms with Gasteiger partial charge < -0.3 is 16.4 Å². The first-order chi connectivity index (χ1) is 8.11. The van der Waals surface area contributed by atoms with Crippen LogP contribution in [0.2, 0.25) is 5.02 Å². The third kappa shape index (κ3) is 2.53. The van der Waals surface area contributed by atoms with Gasteiger partial charge in [-0.05, 0) is 37.1 Å². The Labute approximate surface area is 106 Å². The van der Waals surface area contributed by atoms with Gasteiger partial charge in [0.25, 0.3) is 5.91 Å². The molecule has 1 amide bonds. The third-order valence-corrected chi connectivity index (χ3v) is 3.42. The maximum Gasteiger partial charge on any atom is 0.250 e. The van der Waals surface area contributed by atoms with E-state index in [9.17, 15) is 4.79 Å². The van der Waals surface area contributed by atoms with Gasteiger partial charge >= 0.3 is 0 Å². The average Bonchev–Trinajstić information content (AvgIpc) is 2.77. The standard InChI is InChI=1S/C12H16ClN3O/c13-9-1-2-11(10(5-9)12(15)17)16-4-3-8(6-14)7-16/h1-2,5,8H,3-4,6-7,14H2,(H2,15,17). The lowest BCUT2D eigenvalue weighted by molar-refractivity contribution is 0.100. The highest BCUT2D eigenvalue weighted by atomic mass is 35.5. The summed E-state index contributed by atoms with van der Waals surface area (Å²) in [4.78, 5) is 13.5. The third-order valence-electron chi connectivity index (χ3n) is 3.18. The summed E-state index contributed by atoms with van der Waals surface area (Å²) >= 11 is 5.88. The number of amides is 1. The molecule has 1 aromatic rings. The second-order valence-corrected chi connectivity index (χ2v) is 4.80. The van der Waals surface area contributed by atoms with E-state index in [-0.39, 0.29) is 0 Å². The van der Waals surface area contributed by atoms with Crippen LogP contribution in [0.4, 0.5) is 5.69 Å². The van der Waals surface area contributed by atoms with Crippen LogP contribution in [0.5, 0.6) is 0 Å². The Balaban J connectivity index is 2.29. The van der Waals surface area contributed by atoms with Crippen LogP contribution in [0.25, 0.3) is 0 Å². The maximum atomic E-state index is 11.4. The molecule has 1 aliphatic heterocycles. The molecule has 1 fully saturated rings. The fourth-order valence-electron chi connectivity index (χ4n) is 2.23. The van der Waals surface area contributed by atoms with Crippen LogP contribution in [0, 0.1) is 5.92 Å². The highest BCUT2D eigenvalue weighted by molar-refractivity contribution is 6.31. The van der Waals surface area contributed by atoms with Crippen LogP contribution in [0.15, 0.2) is 18.2 Å². The molecule has 17 heavy (non-hydrogen) atoms. The van der Waals surface area contributed by atoms with Gasteiger partial charge in [-0.15, -0.1) is 0 Å². The van der Waals surface area contributed by atoms with E-state index in [1.807, 2.05) is 6.07 Å². The van der Waals surface area contributed by atoms with Crippen molar-refractivity contribution in [2.75, 3.05) is 24.5 Å². The predicted molar refractivity (Wildman–Crippen MR) is 69.3 cm³/mol. The van der Waals surface area contributed by atoms with Gasteiger partial charge in [-0.3, -0.25) is 4.79 Å². The minimum atomic E-state index is -0.446. The number of nitrogens with two attached hydrogens (primary N) is 2. The first-order valence-corrected chi connectivity index (χ1v) is 6.04. The molecular formula is C12H16ClN3O. The monoisotopic (exact) mass is 253 g/mol. The van der Waals surface area contributed by atoms with Gasteiger partial charge in [0, 0.05) is 23.8 Å². The Bertz CT molecular complexity index is 436. The summed E-state index contributed by atoms with van der Waals surface area (Å²) in [6.07, 6.45) is 1.05. The van der Waals surface area contributed by atoms with E-state index in [0.29, 0.717) is 23.0 Å². The van der Waals surface area contributed by atoms with E-state index < -0.39 is 5.91 Å². The summed E-state index contributed by atoms with van der Waals surface area (Å²) in [5, 5.41) is 0.525. The van der Waals surface area contributed by atoms with Crippen molar-refractivity contribution in [3.63, 3.8) is 0 Å². The fraction of sp³-hybridized carbons (Fsp3) is 0.417. The molecule has 92 valence electrons. The molecule has 1 heterocycles. The highest BCUT2D eigenvalue weighted by Gasteiger charge is 2.24. The van der Waals surface area contributed by atoms with Crippen LogP contribution < -0.4 is 16.4 Å². The molecule has 0 spiro atoms. The quantitative estimate of drug-likeness (QED) is 0.851. The van der Waals surface area contributed by atoms with Crippen molar-refractivity contribution in [3.05, 3.63) is 28.8 Å². The van der Waals surface area contributed by atoms with E-state index in [4.69, 9.17) is 23.1 Å². The number of halogens is 1. The lowest BCUT2D eigenvalue weighted by atomic mass is 10.1. The number of carbonyl (C=O) groups is 1. The topological polar surface area (TPSA) is 72.3 Å². The van der Waals surface area contributed by atoms with Crippen molar-refractivity contribution >= 4 is 23.2 Å². The molecule has 4 nitrogen and oxygen atoms in total. The van der Waals surface area contributed by atoms with E-state index in [0.717, 1.165) is 25.2 Å². The van der Waals surface area contributed by atoms with Gasteiger partial charge in [0.05, 0.1) is 5.56 Å². The minimum absolute atomic E-state index is 0.446. The van der Waals surface area contributed by atoms with Crippen molar-refractivity contribution in [2.45, 2.75) is 6.42 Å². The molecular weight excluding hydrogens is 238 g/mol. The summed E-state index contributed by atoms with van der Waals surface area (Å²) in [6, 6.07) is 5.25. The highest BCUT2D eigenvalue weighted by Crippen LogP contribution is 2.28. The second kappa shape index (κ2) is 4.94. The smallest absolute Gasteiger partial charge is 0.250 e. The number of rotatable bonds is 3. The van der Waals surface area contributed by atoms with Crippen molar-refractivity contribution < 1.29 is 4.79 Å². The van der Waals surface area contributed by atoms with Gasteiger partial charge in [-0.25, -0.2) is 0 Å². The number of hydrogen-bond acceptors (Lipinski definition) is 3. The van der Waals surface area contributed by atoms with E-state index >= 15 is 0 Å². The van der Waals surface area contributed by atoms with Gasteiger partial charge in [-0.1, -0.05) is 11.6 Å². The van der Waals surface area contributed by atoms with Gasteiger partial charge in [0.15, 0.2) is 0 Å². The van der Waals surface area contributed by atoms with Crippen molar-refractivity contribution in [1.29, 1.82) is 0 Å². The molecule has 0 radical (unpaired) electrons. The zero-order valence-electron chi connectivity index (χ0n) is 9.53. The SMILES string of the molecule is NCC1CCN(c2ccc(Cl)cc2C(N)=O)C1. The molecule has 0 bridgehead atoms. The Morgan fingerprint density at radius 2 is 2.29 bits per heavy atom. The lowest BCUT2D eigenvalue weighted by Gasteiger charge is -2.21. The molecule has 1 aliphatic rings. The summed E-state index contributed by atoms with van der Waals surface area (Å²) in [7, 11) is 0. The molecule has 1 aromatic carbocycles. The fourth-order valence-corrected chi connectivity index (χ4v) is 2.40. The number of primary amides is 1. The van der Waals surface area contributed by atoms with Gasteiger partial charge in [0.2, 0.25) is 0 Å². The molecule has 1 saturated heterocycles. The van der Waals surface area contributed by atoms with E-state index in [2.05, 4.69) is 4.90 Å². The molecule has 1 atom stereocenters. The number of carbonyl (C=O) groups excluding carboxylic acids is 1. The summed E-state index contributed by atoms with van der Waals surface area (Å²) in [5.74, 6) is 0.0464. The van der Waals surface area contributed by atoms with Crippen LogP contribution in [-0.4, -0.2) is 25.5 Å². The summed E-state index contributed by atoms with van der Waals surface area (Å²) in [6.45, 7) is 2.46. The first-order valence-electron chi connectivity index (χ1n) is 5.66. The van der Waals surface area contributed by atoms with Crippen LogP contribution in [0.3, 0.4) is 0 Å². The number of anilines is 1. The largest absolute Gasteiger partial charge is 0.371 e. The maximum absolute atomic E-state index is 11.4. The normalized spacial score (nSPS) is 19.6.